The molecule has 0 saturated heterocycles. The molecule has 16 heavy (non-hydrogen) atoms. The number of hydrogen-bond donors (Lipinski definition) is 1. The number of nitrogens with zero attached hydrogens (tertiary/aromatic N) is 1. The molecular weight excluding hydrogens is 200 g/mol. The molecule has 3 rings (SSSR count). The second-order valence-corrected chi connectivity index (χ2v) is 6.10. The van der Waals surface area contributed by atoms with Crippen LogP contribution in [0.15, 0.2) is 0 Å². The van der Waals surface area contributed by atoms with Crippen LogP contribution in [0.1, 0.15) is 32.1 Å². The van der Waals surface area contributed by atoms with Crippen molar-refractivity contribution < 1.29 is 4.79 Å². The molecule has 4 unspecified atom stereocenters. The standard InChI is InChI=1S/C13H22N2O/c1-15(2)13(16)14-12-7-8-6-11(12)10-5-3-4-9(8)10/h8-12H,3-7H2,1-2H3,(H,14,16)/t8?,9?,10-,11?,12?/m1/s1. The fourth-order valence-electron chi connectivity index (χ4n) is 4.52. The number of nitrogens with one attached hydrogen (secondary N) is 1. The number of amides is 2. The van der Waals surface area contributed by atoms with Crippen LogP contribution < -0.4 is 5.32 Å². The Morgan fingerprint density at radius 3 is 2.62 bits per heavy atom. The van der Waals surface area contributed by atoms with Crippen LogP contribution in [0.25, 0.3) is 0 Å². The van der Waals surface area contributed by atoms with Gasteiger partial charge in [-0.15, -0.1) is 0 Å². The van der Waals surface area contributed by atoms with Crippen LogP contribution in [0, 0.1) is 23.7 Å². The lowest BCUT2D eigenvalue weighted by atomic mass is 9.79. The summed E-state index contributed by atoms with van der Waals surface area (Å²) in [6, 6.07) is 0.561. The first-order chi connectivity index (χ1) is 7.66. The first-order valence-electron chi connectivity index (χ1n) is 6.64. The van der Waals surface area contributed by atoms with E-state index in [9.17, 15) is 4.79 Å². The Hall–Kier alpha value is -0.730. The number of urea groups is 1. The first-order valence-corrected chi connectivity index (χ1v) is 6.64. The number of fused-ring (bicyclic) bond motifs is 5. The molecule has 5 atom stereocenters. The zero-order valence-corrected chi connectivity index (χ0v) is 10.3. The van der Waals surface area contributed by atoms with Crippen LogP contribution in [0.4, 0.5) is 4.79 Å². The molecule has 0 spiro atoms. The number of carbonyl (C=O) groups excluding carboxylic acids is 1. The molecule has 1 N–H and O–H groups in total. The fourth-order valence-corrected chi connectivity index (χ4v) is 4.52. The molecule has 3 nitrogen and oxygen atoms in total. The van der Waals surface area contributed by atoms with Gasteiger partial charge in [-0.05, 0) is 49.4 Å². The van der Waals surface area contributed by atoms with Gasteiger partial charge in [-0.25, -0.2) is 4.79 Å². The lowest BCUT2D eigenvalue weighted by Crippen LogP contribution is -2.46. The summed E-state index contributed by atoms with van der Waals surface area (Å²) in [6.45, 7) is 0. The van der Waals surface area contributed by atoms with Crippen molar-refractivity contribution in [1.29, 1.82) is 0 Å². The monoisotopic (exact) mass is 222 g/mol. The van der Waals surface area contributed by atoms with E-state index in [1.165, 1.54) is 32.1 Å². The summed E-state index contributed by atoms with van der Waals surface area (Å²) in [6.07, 6.45) is 6.93. The van der Waals surface area contributed by atoms with Gasteiger partial charge < -0.3 is 10.2 Å². The van der Waals surface area contributed by atoms with Gasteiger partial charge in [0.05, 0.1) is 0 Å². The summed E-state index contributed by atoms with van der Waals surface area (Å²) in [7, 11) is 3.64. The SMILES string of the molecule is CN(C)C(=O)NC1CC2CC1[C@@H]1CCCC21. The Labute approximate surface area is 97.6 Å². The molecule has 0 aromatic heterocycles. The molecule has 0 radical (unpaired) electrons. The fraction of sp³-hybridized carbons (Fsp3) is 0.923. The molecular formula is C13H22N2O. The van der Waals surface area contributed by atoms with Crippen LogP contribution >= 0.6 is 0 Å². The van der Waals surface area contributed by atoms with E-state index in [1.54, 1.807) is 4.90 Å². The molecule has 90 valence electrons. The van der Waals surface area contributed by atoms with E-state index < -0.39 is 0 Å². The van der Waals surface area contributed by atoms with E-state index >= 15 is 0 Å². The molecule has 0 aromatic rings. The highest BCUT2D eigenvalue weighted by Crippen LogP contribution is 2.58. The number of carbonyl (C=O) groups is 1. The number of hydrogen-bond acceptors (Lipinski definition) is 1. The van der Waals surface area contributed by atoms with Gasteiger partial charge in [-0.3, -0.25) is 0 Å². The van der Waals surface area contributed by atoms with Crippen LogP contribution in [0.3, 0.4) is 0 Å². The van der Waals surface area contributed by atoms with Crippen LogP contribution in [0.2, 0.25) is 0 Å². The van der Waals surface area contributed by atoms with Gasteiger partial charge in [0.15, 0.2) is 0 Å². The molecule has 0 aromatic carbocycles. The predicted molar refractivity (Wildman–Crippen MR) is 63.1 cm³/mol. The van der Waals surface area contributed by atoms with Crippen molar-refractivity contribution in [1.82, 2.24) is 10.2 Å². The smallest absolute Gasteiger partial charge is 0.317 e. The minimum atomic E-state index is 0.0899. The highest BCUT2D eigenvalue weighted by Gasteiger charge is 2.54. The van der Waals surface area contributed by atoms with Crippen molar-refractivity contribution in [3.8, 4) is 0 Å². The minimum Gasteiger partial charge on any atom is -0.335 e. The summed E-state index contributed by atoms with van der Waals surface area (Å²) < 4.78 is 0. The quantitative estimate of drug-likeness (QED) is 0.724. The van der Waals surface area contributed by atoms with Crippen molar-refractivity contribution in [2.24, 2.45) is 23.7 Å². The van der Waals surface area contributed by atoms with Gasteiger partial charge in [0.2, 0.25) is 0 Å². The van der Waals surface area contributed by atoms with Gasteiger partial charge in [-0.1, -0.05) is 6.42 Å². The van der Waals surface area contributed by atoms with E-state index in [0.29, 0.717) is 6.04 Å². The van der Waals surface area contributed by atoms with Crippen molar-refractivity contribution in [2.45, 2.75) is 38.1 Å². The molecule has 2 amide bonds. The van der Waals surface area contributed by atoms with Gasteiger partial charge >= 0.3 is 6.03 Å². The van der Waals surface area contributed by atoms with E-state index in [-0.39, 0.29) is 6.03 Å². The third kappa shape index (κ3) is 1.44. The third-order valence-electron chi connectivity index (χ3n) is 5.14. The van der Waals surface area contributed by atoms with Gasteiger partial charge in [0.25, 0.3) is 0 Å². The van der Waals surface area contributed by atoms with E-state index in [1.807, 2.05) is 14.1 Å². The second kappa shape index (κ2) is 3.64. The summed E-state index contributed by atoms with van der Waals surface area (Å²) >= 11 is 0. The van der Waals surface area contributed by atoms with Crippen molar-refractivity contribution >= 4 is 6.03 Å². The van der Waals surface area contributed by atoms with Crippen LogP contribution in [0.5, 0.6) is 0 Å². The molecule has 3 aliphatic carbocycles. The molecule has 3 fully saturated rings. The second-order valence-electron chi connectivity index (χ2n) is 6.10. The van der Waals surface area contributed by atoms with Crippen LogP contribution in [-0.2, 0) is 0 Å². The predicted octanol–water partition coefficient (Wildman–Crippen LogP) is 2.08. The Bertz CT molecular complexity index is 302. The molecule has 3 saturated carbocycles. The maximum absolute atomic E-state index is 11.7. The van der Waals surface area contributed by atoms with Crippen molar-refractivity contribution in [3.05, 3.63) is 0 Å². The summed E-state index contributed by atoms with van der Waals surface area (Å²) in [5.41, 5.74) is 0. The first kappa shape index (κ1) is 10.4. The summed E-state index contributed by atoms with van der Waals surface area (Å²) in [4.78, 5) is 13.3. The molecule has 3 heteroatoms. The lowest BCUT2D eigenvalue weighted by molar-refractivity contribution is 0.184. The molecule has 0 heterocycles. The highest BCUT2D eigenvalue weighted by molar-refractivity contribution is 5.73. The van der Waals surface area contributed by atoms with Gasteiger partial charge in [-0.2, -0.15) is 0 Å². The Balaban J connectivity index is 1.66. The maximum Gasteiger partial charge on any atom is 0.317 e. The highest BCUT2D eigenvalue weighted by atomic mass is 16.2. The molecule has 0 aliphatic heterocycles. The molecule has 3 aliphatic rings. The van der Waals surface area contributed by atoms with E-state index in [4.69, 9.17) is 0 Å². The van der Waals surface area contributed by atoms with E-state index in [2.05, 4.69) is 5.32 Å². The topological polar surface area (TPSA) is 32.3 Å². The van der Waals surface area contributed by atoms with Crippen molar-refractivity contribution in [3.63, 3.8) is 0 Å². The number of rotatable bonds is 1. The largest absolute Gasteiger partial charge is 0.335 e. The van der Waals surface area contributed by atoms with Crippen molar-refractivity contribution in [2.75, 3.05) is 14.1 Å². The summed E-state index contributed by atoms with van der Waals surface area (Å²) in [5, 5.41) is 3.21. The van der Waals surface area contributed by atoms with Crippen LogP contribution in [-0.4, -0.2) is 31.1 Å². The Morgan fingerprint density at radius 2 is 1.88 bits per heavy atom. The minimum absolute atomic E-state index is 0.0899. The zero-order valence-electron chi connectivity index (χ0n) is 10.3. The Kier molecular flexibility index (Phi) is 2.37. The summed E-state index contributed by atoms with van der Waals surface area (Å²) in [5.74, 6) is 3.66. The molecule has 2 bridgehead atoms. The average Bonchev–Trinajstić information content (AvgIpc) is 2.87. The average molecular weight is 222 g/mol. The Morgan fingerprint density at radius 1 is 1.12 bits per heavy atom. The van der Waals surface area contributed by atoms with Gasteiger partial charge in [0.1, 0.15) is 0 Å². The van der Waals surface area contributed by atoms with Gasteiger partial charge in [0, 0.05) is 20.1 Å². The maximum atomic E-state index is 11.7. The normalized spacial score (nSPS) is 44.5. The van der Waals surface area contributed by atoms with E-state index in [0.717, 1.165) is 23.7 Å². The third-order valence-corrected chi connectivity index (χ3v) is 5.14. The lowest BCUT2D eigenvalue weighted by Gasteiger charge is -2.32. The zero-order chi connectivity index (χ0) is 11.3.